The number of nitrogens with zero attached hydrogens (tertiary/aromatic N) is 1. The lowest BCUT2D eigenvalue weighted by Crippen LogP contribution is -2.19. The molecule has 1 heterocycles. The van der Waals surface area contributed by atoms with Gasteiger partial charge in [-0.2, -0.15) is 0 Å². The van der Waals surface area contributed by atoms with Crippen molar-refractivity contribution >= 4 is 23.4 Å². The highest BCUT2D eigenvalue weighted by Gasteiger charge is 2.22. The second kappa shape index (κ2) is 7.75. The third-order valence-electron chi connectivity index (χ3n) is 3.33. The van der Waals surface area contributed by atoms with Crippen molar-refractivity contribution in [2.45, 2.75) is 10.3 Å². The number of thioether (sulfide) groups is 1. The van der Waals surface area contributed by atoms with Gasteiger partial charge in [-0.15, -0.1) is 0 Å². The van der Waals surface area contributed by atoms with E-state index in [1.807, 2.05) is 48.5 Å². The molecule has 0 aliphatic carbocycles. The first-order valence-corrected chi connectivity index (χ1v) is 8.29. The Bertz CT molecular complexity index is 795. The quantitative estimate of drug-likeness (QED) is 0.686. The van der Waals surface area contributed by atoms with Gasteiger partial charge in [-0.05, 0) is 42.0 Å². The average molecular weight is 338 g/mol. The van der Waals surface area contributed by atoms with Crippen LogP contribution in [0.4, 0.5) is 10.1 Å². The van der Waals surface area contributed by atoms with Gasteiger partial charge in [-0.25, -0.2) is 9.37 Å². The number of hydrogen-bond donors (Lipinski definition) is 1. The number of benzene rings is 2. The Hall–Kier alpha value is -2.66. The van der Waals surface area contributed by atoms with E-state index in [9.17, 15) is 9.18 Å². The Morgan fingerprint density at radius 3 is 2.33 bits per heavy atom. The van der Waals surface area contributed by atoms with Crippen molar-refractivity contribution in [1.29, 1.82) is 0 Å². The van der Waals surface area contributed by atoms with E-state index in [-0.39, 0.29) is 11.7 Å². The summed E-state index contributed by atoms with van der Waals surface area (Å²) < 4.78 is 13.0. The van der Waals surface area contributed by atoms with Gasteiger partial charge < -0.3 is 5.32 Å². The fourth-order valence-electron chi connectivity index (χ4n) is 2.18. The van der Waals surface area contributed by atoms with Gasteiger partial charge in [0.05, 0.1) is 5.03 Å². The van der Waals surface area contributed by atoms with E-state index in [0.717, 1.165) is 10.6 Å². The molecule has 0 saturated carbocycles. The number of hydrogen-bond acceptors (Lipinski definition) is 3. The number of halogens is 1. The smallest absolute Gasteiger partial charge is 0.242 e. The zero-order valence-electron chi connectivity index (χ0n) is 12.7. The number of amides is 1. The van der Waals surface area contributed by atoms with Crippen molar-refractivity contribution in [3.8, 4) is 0 Å². The molecule has 1 atom stereocenters. The minimum absolute atomic E-state index is 0.177. The summed E-state index contributed by atoms with van der Waals surface area (Å²) in [6.45, 7) is 0. The Morgan fingerprint density at radius 1 is 0.958 bits per heavy atom. The van der Waals surface area contributed by atoms with Crippen molar-refractivity contribution < 1.29 is 9.18 Å². The van der Waals surface area contributed by atoms with Gasteiger partial charge in [0, 0.05) is 11.9 Å². The Labute approximate surface area is 143 Å². The number of nitrogens with one attached hydrogen (secondary N) is 1. The fourth-order valence-corrected chi connectivity index (χ4v) is 3.16. The number of rotatable bonds is 5. The van der Waals surface area contributed by atoms with Crippen LogP contribution in [-0.2, 0) is 4.79 Å². The summed E-state index contributed by atoms with van der Waals surface area (Å²) in [4.78, 5) is 17.0. The Kier molecular flexibility index (Phi) is 5.23. The molecule has 1 amide bonds. The van der Waals surface area contributed by atoms with Gasteiger partial charge in [0.15, 0.2) is 0 Å². The van der Waals surface area contributed by atoms with E-state index in [2.05, 4.69) is 10.3 Å². The second-order valence-corrected chi connectivity index (χ2v) is 6.20. The van der Waals surface area contributed by atoms with Crippen LogP contribution in [0, 0.1) is 5.82 Å². The van der Waals surface area contributed by atoms with Crippen LogP contribution < -0.4 is 5.32 Å². The van der Waals surface area contributed by atoms with Crippen molar-refractivity contribution in [1.82, 2.24) is 4.98 Å². The molecular formula is C19H15FN2OS. The van der Waals surface area contributed by atoms with E-state index in [0.29, 0.717) is 5.69 Å². The summed E-state index contributed by atoms with van der Waals surface area (Å²) in [5.41, 5.74) is 1.44. The summed E-state index contributed by atoms with van der Waals surface area (Å²) in [7, 11) is 0. The van der Waals surface area contributed by atoms with E-state index >= 15 is 0 Å². The van der Waals surface area contributed by atoms with Crippen LogP contribution in [0.3, 0.4) is 0 Å². The molecule has 0 fully saturated rings. The molecule has 0 aliphatic rings. The molecule has 1 N–H and O–H groups in total. The summed E-state index contributed by atoms with van der Waals surface area (Å²) in [5, 5.41) is 3.15. The molecular weight excluding hydrogens is 323 g/mol. The maximum absolute atomic E-state index is 13.0. The zero-order chi connectivity index (χ0) is 16.8. The molecule has 0 radical (unpaired) electrons. The number of aromatic nitrogens is 1. The Balaban J connectivity index is 1.83. The molecule has 0 spiro atoms. The van der Waals surface area contributed by atoms with Crippen LogP contribution in [0.5, 0.6) is 0 Å². The molecule has 1 aromatic heterocycles. The summed E-state index contributed by atoms with van der Waals surface area (Å²) >= 11 is 1.38. The van der Waals surface area contributed by atoms with Crippen molar-refractivity contribution in [2.24, 2.45) is 0 Å². The highest BCUT2D eigenvalue weighted by atomic mass is 32.2. The minimum Gasteiger partial charge on any atom is -0.325 e. The zero-order valence-corrected chi connectivity index (χ0v) is 13.5. The molecule has 1 unspecified atom stereocenters. The molecule has 120 valence electrons. The Morgan fingerprint density at radius 2 is 1.67 bits per heavy atom. The van der Waals surface area contributed by atoms with Gasteiger partial charge in [-0.1, -0.05) is 48.2 Å². The largest absolute Gasteiger partial charge is 0.325 e. The molecule has 3 nitrogen and oxygen atoms in total. The fraction of sp³-hybridized carbons (Fsp3) is 0.0526. The van der Waals surface area contributed by atoms with Crippen LogP contribution >= 0.6 is 11.8 Å². The molecule has 0 aliphatic heterocycles. The molecule has 3 aromatic rings. The molecule has 0 bridgehead atoms. The predicted molar refractivity (Wildman–Crippen MR) is 94.3 cm³/mol. The molecule has 24 heavy (non-hydrogen) atoms. The van der Waals surface area contributed by atoms with Crippen LogP contribution in [0.25, 0.3) is 0 Å². The van der Waals surface area contributed by atoms with Gasteiger partial charge >= 0.3 is 0 Å². The normalized spacial score (nSPS) is 11.7. The van der Waals surface area contributed by atoms with Crippen LogP contribution in [0.1, 0.15) is 10.8 Å². The van der Waals surface area contributed by atoms with Gasteiger partial charge in [-0.3, -0.25) is 4.79 Å². The lowest BCUT2D eigenvalue weighted by molar-refractivity contribution is -0.115. The van der Waals surface area contributed by atoms with Gasteiger partial charge in [0.1, 0.15) is 11.1 Å². The SMILES string of the molecule is O=C(Nc1ccc(F)cc1)C(Sc1ccccn1)c1ccccc1. The number of pyridine rings is 1. The molecule has 5 heteroatoms. The topological polar surface area (TPSA) is 42.0 Å². The first-order valence-electron chi connectivity index (χ1n) is 7.41. The number of carbonyl (C=O) groups is 1. The third-order valence-corrected chi connectivity index (χ3v) is 4.53. The highest BCUT2D eigenvalue weighted by Crippen LogP contribution is 2.35. The van der Waals surface area contributed by atoms with E-state index < -0.39 is 5.25 Å². The number of carbonyl (C=O) groups excluding carboxylic acids is 1. The van der Waals surface area contributed by atoms with Gasteiger partial charge in [0.25, 0.3) is 0 Å². The van der Waals surface area contributed by atoms with E-state index in [1.165, 1.54) is 23.9 Å². The van der Waals surface area contributed by atoms with Crippen molar-refractivity contribution in [3.63, 3.8) is 0 Å². The standard InChI is InChI=1S/C19H15FN2OS/c20-15-9-11-16(12-10-15)22-19(23)18(14-6-2-1-3-7-14)24-17-8-4-5-13-21-17/h1-13,18H,(H,22,23). The lowest BCUT2D eigenvalue weighted by atomic mass is 10.1. The van der Waals surface area contributed by atoms with Crippen LogP contribution in [-0.4, -0.2) is 10.9 Å². The average Bonchev–Trinajstić information content (AvgIpc) is 2.63. The van der Waals surface area contributed by atoms with Crippen molar-refractivity contribution in [3.05, 3.63) is 90.4 Å². The highest BCUT2D eigenvalue weighted by molar-refractivity contribution is 8.00. The predicted octanol–water partition coefficient (Wildman–Crippen LogP) is 4.69. The maximum Gasteiger partial charge on any atom is 0.242 e. The molecule has 2 aromatic carbocycles. The lowest BCUT2D eigenvalue weighted by Gasteiger charge is -2.16. The summed E-state index contributed by atoms with van der Waals surface area (Å²) in [6.07, 6.45) is 1.70. The maximum atomic E-state index is 13.0. The summed E-state index contributed by atoms with van der Waals surface area (Å²) in [6, 6.07) is 20.8. The van der Waals surface area contributed by atoms with Gasteiger partial charge in [0.2, 0.25) is 5.91 Å². The van der Waals surface area contributed by atoms with Crippen molar-refractivity contribution in [2.75, 3.05) is 5.32 Å². The molecule has 0 saturated heterocycles. The van der Waals surface area contributed by atoms with Crippen LogP contribution in [0.2, 0.25) is 0 Å². The second-order valence-electron chi connectivity index (χ2n) is 5.07. The summed E-state index contributed by atoms with van der Waals surface area (Å²) in [5.74, 6) is -0.515. The van der Waals surface area contributed by atoms with Crippen LogP contribution in [0.15, 0.2) is 84.0 Å². The first-order chi connectivity index (χ1) is 11.7. The first kappa shape index (κ1) is 16.2. The van der Waals surface area contributed by atoms with E-state index in [4.69, 9.17) is 0 Å². The molecule has 3 rings (SSSR count). The number of anilines is 1. The third kappa shape index (κ3) is 4.20. The minimum atomic E-state index is -0.453. The van der Waals surface area contributed by atoms with E-state index in [1.54, 1.807) is 18.3 Å². The monoisotopic (exact) mass is 338 g/mol.